The van der Waals surface area contributed by atoms with Crippen molar-refractivity contribution >= 4 is 22.6 Å². The molecule has 0 aliphatic carbocycles. The second-order valence-corrected chi connectivity index (χ2v) is 5.62. The van der Waals surface area contributed by atoms with Gasteiger partial charge in [0.1, 0.15) is 22.3 Å². The molecule has 0 N–H and O–H groups in total. The minimum absolute atomic E-state index is 0.501. The van der Waals surface area contributed by atoms with E-state index in [-0.39, 0.29) is 0 Å². The van der Waals surface area contributed by atoms with E-state index in [0.29, 0.717) is 5.15 Å². The van der Waals surface area contributed by atoms with Gasteiger partial charge in [0, 0.05) is 17.4 Å². The molecule has 0 atom stereocenters. The highest BCUT2D eigenvalue weighted by Crippen LogP contribution is 2.32. The van der Waals surface area contributed by atoms with Crippen LogP contribution in [0.2, 0.25) is 5.15 Å². The molecule has 0 saturated carbocycles. The third kappa shape index (κ3) is 2.54. The average molecular weight is 301 g/mol. The van der Waals surface area contributed by atoms with E-state index in [9.17, 15) is 0 Å². The number of para-hydroxylation sites is 1. The largest absolute Gasteiger partial charge is 0.454 e. The molecule has 0 fully saturated rings. The van der Waals surface area contributed by atoms with Crippen LogP contribution in [-0.2, 0) is 6.42 Å². The number of aromatic nitrogens is 2. The summed E-state index contributed by atoms with van der Waals surface area (Å²) in [6.07, 6.45) is 1.80. The van der Waals surface area contributed by atoms with Crippen LogP contribution >= 0.6 is 11.6 Å². The fourth-order valence-electron chi connectivity index (χ4n) is 2.43. The van der Waals surface area contributed by atoms with E-state index < -0.39 is 0 Å². The molecule has 21 heavy (non-hydrogen) atoms. The van der Waals surface area contributed by atoms with Gasteiger partial charge in [-0.2, -0.15) is 0 Å². The zero-order chi connectivity index (χ0) is 15.0. The van der Waals surface area contributed by atoms with E-state index >= 15 is 0 Å². The number of rotatable bonds is 3. The number of fused-ring (bicyclic) bond motifs is 1. The summed E-state index contributed by atoms with van der Waals surface area (Å²) in [4.78, 5) is 8.96. The monoisotopic (exact) mass is 300 g/mol. The van der Waals surface area contributed by atoms with E-state index in [1.165, 1.54) is 0 Å². The summed E-state index contributed by atoms with van der Waals surface area (Å²) in [5, 5.41) is 1.58. The van der Waals surface area contributed by atoms with Gasteiger partial charge in [0.2, 0.25) is 0 Å². The molecular weight excluding hydrogens is 284 g/mol. The Morgan fingerprint density at radius 3 is 2.71 bits per heavy atom. The average Bonchev–Trinajstić information content (AvgIpc) is 2.88. The third-order valence-corrected chi connectivity index (χ3v) is 3.95. The Bertz CT molecular complexity index is 808. The van der Waals surface area contributed by atoms with E-state index in [2.05, 4.69) is 16.9 Å². The van der Waals surface area contributed by atoms with Gasteiger partial charge in [0.15, 0.2) is 5.76 Å². The van der Waals surface area contributed by atoms with Crippen LogP contribution in [0.1, 0.15) is 30.3 Å². The SMILES string of the molecule is CCCc1nc(Cl)c(C)c(-c2cc3cccc(C)c3o2)n1. The number of furan rings is 1. The van der Waals surface area contributed by atoms with Crippen LogP contribution < -0.4 is 0 Å². The van der Waals surface area contributed by atoms with Crippen molar-refractivity contribution in [2.45, 2.75) is 33.6 Å². The van der Waals surface area contributed by atoms with Crippen molar-refractivity contribution < 1.29 is 4.42 Å². The maximum atomic E-state index is 6.24. The van der Waals surface area contributed by atoms with Crippen molar-refractivity contribution in [1.29, 1.82) is 0 Å². The zero-order valence-electron chi connectivity index (χ0n) is 12.4. The molecule has 0 radical (unpaired) electrons. The summed E-state index contributed by atoms with van der Waals surface area (Å²) in [5.41, 5.74) is 3.66. The molecular formula is C17H17ClN2O. The van der Waals surface area contributed by atoms with E-state index in [1.54, 1.807) is 0 Å². The Labute approximate surface area is 129 Å². The Hall–Kier alpha value is -1.87. The number of hydrogen-bond donors (Lipinski definition) is 0. The Morgan fingerprint density at radius 1 is 1.19 bits per heavy atom. The normalized spacial score (nSPS) is 11.2. The highest BCUT2D eigenvalue weighted by atomic mass is 35.5. The van der Waals surface area contributed by atoms with Gasteiger partial charge in [-0.3, -0.25) is 0 Å². The van der Waals surface area contributed by atoms with Gasteiger partial charge in [-0.15, -0.1) is 0 Å². The lowest BCUT2D eigenvalue weighted by Crippen LogP contribution is -2.00. The molecule has 108 valence electrons. The van der Waals surface area contributed by atoms with E-state index in [1.807, 2.05) is 38.1 Å². The molecule has 0 saturated heterocycles. The Balaban J connectivity index is 2.19. The summed E-state index contributed by atoms with van der Waals surface area (Å²) in [7, 11) is 0. The quantitative estimate of drug-likeness (QED) is 0.631. The van der Waals surface area contributed by atoms with Crippen LogP contribution in [0.4, 0.5) is 0 Å². The Kier molecular flexibility index (Phi) is 3.68. The van der Waals surface area contributed by atoms with Gasteiger partial charge >= 0.3 is 0 Å². The summed E-state index contributed by atoms with van der Waals surface area (Å²) < 4.78 is 6.00. The van der Waals surface area contributed by atoms with Gasteiger partial charge in [-0.25, -0.2) is 9.97 Å². The smallest absolute Gasteiger partial charge is 0.154 e. The van der Waals surface area contributed by atoms with Crippen LogP contribution in [0.25, 0.3) is 22.4 Å². The minimum atomic E-state index is 0.501. The van der Waals surface area contributed by atoms with Gasteiger partial charge in [-0.05, 0) is 31.9 Å². The van der Waals surface area contributed by atoms with E-state index in [4.69, 9.17) is 16.0 Å². The second kappa shape index (κ2) is 5.49. The molecule has 2 heterocycles. The molecule has 0 aliphatic rings. The number of halogens is 1. The van der Waals surface area contributed by atoms with Crippen molar-refractivity contribution in [3.05, 3.63) is 46.4 Å². The molecule has 0 aliphatic heterocycles. The number of aryl methyl sites for hydroxylation is 2. The van der Waals surface area contributed by atoms with Crippen LogP contribution in [0.15, 0.2) is 28.7 Å². The maximum Gasteiger partial charge on any atom is 0.154 e. The Morgan fingerprint density at radius 2 is 2.00 bits per heavy atom. The molecule has 1 aromatic carbocycles. The molecule has 3 rings (SSSR count). The second-order valence-electron chi connectivity index (χ2n) is 5.26. The molecule has 0 unspecified atom stereocenters. The van der Waals surface area contributed by atoms with Crippen LogP contribution in [0, 0.1) is 13.8 Å². The van der Waals surface area contributed by atoms with Crippen LogP contribution in [-0.4, -0.2) is 9.97 Å². The third-order valence-electron chi connectivity index (χ3n) is 3.58. The first-order valence-corrected chi connectivity index (χ1v) is 7.50. The van der Waals surface area contributed by atoms with E-state index in [0.717, 1.165) is 52.2 Å². The predicted octanol–water partition coefficient (Wildman–Crippen LogP) is 5.11. The standard InChI is InChI=1S/C17H17ClN2O/c1-4-6-14-19-15(11(3)17(18)20-14)13-9-12-8-5-7-10(2)16(12)21-13/h5,7-9H,4,6H2,1-3H3. The molecule has 3 aromatic rings. The van der Waals surface area contributed by atoms with Gasteiger partial charge in [-0.1, -0.05) is 36.7 Å². The lowest BCUT2D eigenvalue weighted by atomic mass is 10.1. The van der Waals surface area contributed by atoms with Crippen molar-refractivity contribution in [2.24, 2.45) is 0 Å². The number of hydrogen-bond acceptors (Lipinski definition) is 3. The number of benzene rings is 1. The molecule has 3 nitrogen and oxygen atoms in total. The zero-order valence-corrected chi connectivity index (χ0v) is 13.2. The van der Waals surface area contributed by atoms with Crippen molar-refractivity contribution in [1.82, 2.24) is 9.97 Å². The highest BCUT2D eigenvalue weighted by Gasteiger charge is 2.15. The van der Waals surface area contributed by atoms with Gasteiger partial charge in [0.25, 0.3) is 0 Å². The first-order valence-electron chi connectivity index (χ1n) is 7.12. The van der Waals surface area contributed by atoms with Crippen LogP contribution in [0.3, 0.4) is 0 Å². The van der Waals surface area contributed by atoms with Crippen molar-refractivity contribution in [2.75, 3.05) is 0 Å². The lowest BCUT2D eigenvalue weighted by molar-refractivity contribution is 0.624. The van der Waals surface area contributed by atoms with Crippen molar-refractivity contribution in [3.63, 3.8) is 0 Å². The topological polar surface area (TPSA) is 38.9 Å². The van der Waals surface area contributed by atoms with Crippen LogP contribution in [0.5, 0.6) is 0 Å². The fourth-order valence-corrected chi connectivity index (χ4v) is 2.62. The molecule has 0 bridgehead atoms. The first-order chi connectivity index (χ1) is 10.1. The molecule has 0 spiro atoms. The number of nitrogens with zero attached hydrogens (tertiary/aromatic N) is 2. The van der Waals surface area contributed by atoms with Crippen molar-refractivity contribution in [3.8, 4) is 11.5 Å². The first kappa shape index (κ1) is 14.1. The summed E-state index contributed by atoms with van der Waals surface area (Å²) in [5.74, 6) is 1.51. The summed E-state index contributed by atoms with van der Waals surface area (Å²) in [6, 6.07) is 8.13. The highest BCUT2D eigenvalue weighted by molar-refractivity contribution is 6.30. The molecule has 4 heteroatoms. The van der Waals surface area contributed by atoms with Gasteiger partial charge < -0.3 is 4.42 Å². The predicted molar refractivity (Wildman–Crippen MR) is 85.7 cm³/mol. The summed E-state index contributed by atoms with van der Waals surface area (Å²) in [6.45, 7) is 6.06. The minimum Gasteiger partial charge on any atom is -0.454 e. The van der Waals surface area contributed by atoms with Gasteiger partial charge in [0.05, 0.1) is 0 Å². The maximum absolute atomic E-state index is 6.24. The summed E-state index contributed by atoms with van der Waals surface area (Å²) >= 11 is 6.24. The fraction of sp³-hybridized carbons (Fsp3) is 0.294. The molecule has 2 aromatic heterocycles. The lowest BCUT2D eigenvalue weighted by Gasteiger charge is -2.06. The molecule has 0 amide bonds.